The summed E-state index contributed by atoms with van der Waals surface area (Å²) < 4.78 is 0. The van der Waals surface area contributed by atoms with Crippen LogP contribution in [0.4, 0.5) is 11.5 Å². The van der Waals surface area contributed by atoms with Gasteiger partial charge in [0.1, 0.15) is 11.7 Å². The van der Waals surface area contributed by atoms with Crippen molar-refractivity contribution < 1.29 is 9.59 Å². The molecule has 5 N–H and O–H groups in total. The van der Waals surface area contributed by atoms with E-state index in [-0.39, 0.29) is 11.6 Å². The summed E-state index contributed by atoms with van der Waals surface area (Å²) in [6.45, 7) is 3.33. The maximum Gasteiger partial charge on any atom is 0.267 e. The zero-order chi connectivity index (χ0) is 15.4. The zero-order valence-corrected chi connectivity index (χ0v) is 12.1. The number of amides is 2. The first-order chi connectivity index (χ1) is 9.99. The van der Waals surface area contributed by atoms with E-state index in [1.807, 2.05) is 4.90 Å². The van der Waals surface area contributed by atoms with Crippen molar-refractivity contribution in [3.05, 3.63) is 17.8 Å². The Balaban J connectivity index is 2.07. The molecule has 0 bridgehead atoms. The summed E-state index contributed by atoms with van der Waals surface area (Å²) in [6.07, 6.45) is 3.24. The molecule has 1 fully saturated rings. The summed E-state index contributed by atoms with van der Waals surface area (Å²) >= 11 is 0. The Labute approximate surface area is 123 Å². The molecule has 1 unspecified atom stereocenters. The Morgan fingerprint density at radius 3 is 2.57 bits per heavy atom. The molecule has 1 aromatic rings. The van der Waals surface area contributed by atoms with E-state index in [9.17, 15) is 9.59 Å². The van der Waals surface area contributed by atoms with Gasteiger partial charge in [-0.2, -0.15) is 0 Å². The average molecular weight is 291 g/mol. The topological polar surface area (TPSA) is 114 Å². The van der Waals surface area contributed by atoms with Crippen LogP contribution in [0.1, 0.15) is 36.7 Å². The lowest BCUT2D eigenvalue weighted by atomic mass is 10.1. The van der Waals surface area contributed by atoms with Crippen molar-refractivity contribution in [1.82, 2.24) is 9.88 Å². The van der Waals surface area contributed by atoms with Gasteiger partial charge in [0.05, 0.1) is 5.69 Å². The van der Waals surface area contributed by atoms with Gasteiger partial charge < -0.3 is 21.7 Å². The Kier molecular flexibility index (Phi) is 4.62. The van der Waals surface area contributed by atoms with Gasteiger partial charge in [-0.3, -0.25) is 9.59 Å². The predicted molar refractivity (Wildman–Crippen MR) is 80.7 cm³/mol. The third kappa shape index (κ3) is 3.62. The number of likely N-dealkylation sites (tertiary alicyclic amines) is 1. The smallest absolute Gasteiger partial charge is 0.267 e. The molecule has 0 aromatic carbocycles. The van der Waals surface area contributed by atoms with Crippen molar-refractivity contribution in [2.24, 2.45) is 5.73 Å². The van der Waals surface area contributed by atoms with E-state index in [1.54, 1.807) is 13.0 Å². The van der Waals surface area contributed by atoms with Crippen LogP contribution in [-0.2, 0) is 4.79 Å². The molecule has 114 valence electrons. The molecule has 1 saturated heterocycles. The van der Waals surface area contributed by atoms with E-state index >= 15 is 0 Å². The Morgan fingerprint density at radius 1 is 1.29 bits per heavy atom. The number of anilines is 2. The highest BCUT2D eigenvalue weighted by atomic mass is 16.2. The van der Waals surface area contributed by atoms with Crippen LogP contribution in [0.15, 0.2) is 12.1 Å². The number of pyridine rings is 1. The van der Waals surface area contributed by atoms with Crippen molar-refractivity contribution in [2.75, 3.05) is 24.1 Å². The van der Waals surface area contributed by atoms with Crippen LogP contribution in [0, 0.1) is 0 Å². The SMILES string of the molecule is CC(Nc1nc(C(N)=O)ccc1N)C(=O)N1CCCCC1. The van der Waals surface area contributed by atoms with Crippen molar-refractivity contribution in [3.63, 3.8) is 0 Å². The number of nitrogens with zero attached hydrogens (tertiary/aromatic N) is 2. The van der Waals surface area contributed by atoms with E-state index in [0.29, 0.717) is 11.5 Å². The first kappa shape index (κ1) is 15.1. The largest absolute Gasteiger partial charge is 0.396 e. The number of rotatable bonds is 4. The predicted octanol–water partition coefficient (Wildman–Crippen LogP) is 0.576. The molecule has 2 rings (SSSR count). The van der Waals surface area contributed by atoms with Gasteiger partial charge in [-0.1, -0.05) is 0 Å². The van der Waals surface area contributed by atoms with Crippen LogP contribution in [0.5, 0.6) is 0 Å². The molecule has 0 aliphatic carbocycles. The average Bonchev–Trinajstić information content (AvgIpc) is 2.49. The van der Waals surface area contributed by atoms with Crippen LogP contribution in [0.2, 0.25) is 0 Å². The molecule has 2 amide bonds. The van der Waals surface area contributed by atoms with Gasteiger partial charge in [0.25, 0.3) is 5.91 Å². The quantitative estimate of drug-likeness (QED) is 0.750. The van der Waals surface area contributed by atoms with Crippen LogP contribution in [0.25, 0.3) is 0 Å². The van der Waals surface area contributed by atoms with Gasteiger partial charge in [-0.25, -0.2) is 4.98 Å². The fraction of sp³-hybridized carbons (Fsp3) is 0.500. The fourth-order valence-corrected chi connectivity index (χ4v) is 2.38. The molecular formula is C14H21N5O2. The van der Waals surface area contributed by atoms with E-state index in [1.165, 1.54) is 12.5 Å². The van der Waals surface area contributed by atoms with Crippen molar-refractivity contribution in [3.8, 4) is 0 Å². The maximum absolute atomic E-state index is 12.3. The number of carbonyl (C=O) groups excluding carboxylic acids is 2. The summed E-state index contributed by atoms with van der Waals surface area (Å²) in [7, 11) is 0. The number of carbonyl (C=O) groups is 2. The molecule has 21 heavy (non-hydrogen) atoms. The molecule has 1 aliphatic rings. The van der Waals surface area contributed by atoms with Crippen LogP contribution < -0.4 is 16.8 Å². The molecule has 7 nitrogen and oxygen atoms in total. The number of piperidine rings is 1. The highest BCUT2D eigenvalue weighted by Crippen LogP contribution is 2.18. The number of nitrogens with one attached hydrogen (secondary N) is 1. The highest BCUT2D eigenvalue weighted by molar-refractivity contribution is 5.92. The van der Waals surface area contributed by atoms with Gasteiger partial charge in [0, 0.05) is 13.1 Å². The van der Waals surface area contributed by atoms with E-state index < -0.39 is 11.9 Å². The second-order valence-corrected chi connectivity index (χ2v) is 5.25. The highest BCUT2D eigenvalue weighted by Gasteiger charge is 2.23. The summed E-state index contributed by atoms with van der Waals surface area (Å²) in [5.41, 5.74) is 11.5. The second-order valence-electron chi connectivity index (χ2n) is 5.25. The summed E-state index contributed by atoms with van der Waals surface area (Å²) in [4.78, 5) is 29.4. The molecule has 0 radical (unpaired) electrons. The minimum atomic E-state index is -0.631. The van der Waals surface area contributed by atoms with E-state index in [2.05, 4.69) is 10.3 Å². The molecule has 7 heteroatoms. The van der Waals surface area contributed by atoms with Crippen LogP contribution >= 0.6 is 0 Å². The molecule has 1 atom stereocenters. The van der Waals surface area contributed by atoms with Gasteiger partial charge in [0.15, 0.2) is 5.82 Å². The number of aromatic nitrogens is 1. The van der Waals surface area contributed by atoms with Crippen molar-refractivity contribution in [2.45, 2.75) is 32.2 Å². The zero-order valence-electron chi connectivity index (χ0n) is 12.1. The normalized spacial score (nSPS) is 16.3. The third-order valence-corrected chi connectivity index (χ3v) is 3.57. The Morgan fingerprint density at radius 2 is 1.95 bits per heavy atom. The van der Waals surface area contributed by atoms with Crippen molar-refractivity contribution >= 4 is 23.3 Å². The lowest BCUT2D eigenvalue weighted by Crippen LogP contribution is -2.44. The lowest BCUT2D eigenvalue weighted by molar-refractivity contribution is -0.132. The Bertz CT molecular complexity index is 540. The number of hydrogen-bond acceptors (Lipinski definition) is 5. The van der Waals surface area contributed by atoms with Crippen LogP contribution in [-0.4, -0.2) is 40.8 Å². The molecule has 1 aliphatic heterocycles. The first-order valence-electron chi connectivity index (χ1n) is 7.10. The van der Waals surface area contributed by atoms with Crippen molar-refractivity contribution in [1.29, 1.82) is 0 Å². The summed E-state index contributed by atoms with van der Waals surface area (Å²) in [5, 5.41) is 2.97. The molecule has 2 heterocycles. The number of primary amides is 1. The van der Waals surface area contributed by atoms with Gasteiger partial charge >= 0.3 is 0 Å². The summed E-state index contributed by atoms with van der Waals surface area (Å²) in [5.74, 6) is -0.308. The van der Waals surface area contributed by atoms with E-state index in [4.69, 9.17) is 11.5 Å². The fourth-order valence-electron chi connectivity index (χ4n) is 2.38. The Hall–Kier alpha value is -2.31. The first-order valence-corrected chi connectivity index (χ1v) is 7.10. The molecular weight excluding hydrogens is 270 g/mol. The third-order valence-electron chi connectivity index (χ3n) is 3.57. The van der Waals surface area contributed by atoms with Gasteiger partial charge in [-0.05, 0) is 38.3 Å². The maximum atomic E-state index is 12.3. The monoisotopic (exact) mass is 291 g/mol. The number of nitrogens with two attached hydrogens (primary N) is 2. The van der Waals surface area contributed by atoms with Crippen LogP contribution in [0.3, 0.4) is 0 Å². The molecule has 0 spiro atoms. The lowest BCUT2D eigenvalue weighted by Gasteiger charge is -2.29. The van der Waals surface area contributed by atoms with Gasteiger partial charge in [-0.15, -0.1) is 0 Å². The number of hydrogen-bond donors (Lipinski definition) is 3. The second kappa shape index (κ2) is 6.43. The van der Waals surface area contributed by atoms with E-state index in [0.717, 1.165) is 25.9 Å². The molecule has 1 aromatic heterocycles. The minimum absolute atomic E-state index is 0.0142. The van der Waals surface area contributed by atoms with Gasteiger partial charge in [0.2, 0.25) is 5.91 Å². The molecule has 0 saturated carbocycles. The standard InChI is InChI=1S/C14H21N5O2/c1-9(14(21)19-7-3-2-4-8-19)17-13-10(15)5-6-11(18-13)12(16)20/h5-6,9H,2-4,7-8,15H2,1H3,(H2,16,20)(H,17,18). The summed E-state index contributed by atoms with van der Waals surface area (Å²) in [6, 6.07) is 2.55. The minimum Gasteiger partial charge on any atom is -0.396 e. The number of nitrogen functional groups attached to an aromatic ring is 1.